The second kappa shape index (κ2) is 7.97. The number of rotatable bonds is 5. The summed E-state index contributed by atoms with van der Waals surface area (Å²) in [7, 11) is 0. The molecule has 0 spiro atoms. The van der Waals surface area contributed by atoms with Gasteiger partial charge < -0.3 is 4.74 Å². The van der Waals surface area contributed by atoms with Crippen molar-refractivity contribution in [1.29, 1.82) is 0 Å². The maximum Gasteiger partial charge on any atom is 0.276 e. The third-order valence-electron chi connectivity index (χ3n) is 4.37. The van der Waals surface area contributed by atoms with Crippen molar-refractivity contribution in [2.75, 3.05) is 13.3 Å². The molecule has 5 heteroatoms. The summed E-state index contributed by atoms with van der Waals surface area (Å²) in [5.41, 5.74) is 2.25. The fourth-order valence-corrected chi connectivity index (χ4v) is 2.92. The van der Waals surface area contributed by atoms with Gasteiger partial charge in [-0.15, -0.1) is 0 Å². The molecule has 2 aromatic carbocycles. The van der Waals surface area contributed by atoms with E-state index in [1.165, 1.54) is 10.0 Å². The van der Waals surface area contributed by atoms with Gasteiger partial charge in [-0.2, -0.15) is 0 Å². The topological polar surface area (TPSA) is 49.9 Å². The molecular weight excluding hydrogens is 328 g/mol. The van der Waals surface area contributed by atoms with Gasteiger partial charge >= 0.3 is 0 Å². The number of ether oxygens (including phenoxy) is 1. The van der Waals surface area contributed by atoms with Crippen molar-refractivity contribution in [3.63, 3.8) is 0 Å². The Morgan fingerprint density at radius 1 is 1.04 bits per heavy atom. The number of hydrogen-bond acceptors (Lipinski definition) is 3. The van der Waals surface area contributed by atoms with Crippen LogP contribution in [-0.2, 0) is 9.53 Å². The number of benzene rings is 2. The quantitative estimate of drug-likeness (QED) is 0.828. The van der Waals surface area contributed by atoms with Gasteiger partial charge in [0.1, 0.15) is 6.73 Å². The maximum absolute atomic E-state index is 13.0. The molecule has 2 aromatic rings. The molecule has 0 aromatic heterocycles. The van der Waals surface area contributed by atoms with Crippen molar-refractivity contribution in [3.05, 3.63) is 78.0 Å². The van der Waals surface area contributed by atoms with Crippen LogP contribution in [0.2, 0.25) is 0 Å². The summed E-state index contributed by atoms with van der Waals surface area (Å²) < 4.78 is 5.43. The van der Waals surface area contributed by atoms with Crippen LogP contribution in [0.4, 0.5) is 0 Å². The number of carbonyl (C=O) groups is 2. The largest absolute Gasteiger partial charge is 0.359 e. The highest BCUT2D eigenvalue weighted by atomic mass is 16.5. The average Bonchev–Trinajstić information content (AvgIpc) is 2.70. The molecule has 1 atom stereocenters. The Hall–Kier alpha value is -2.92. The molecule has 5 nitrogen and oxygen atoms in total. The molecule has 1 unspecified atom stereocenters. The average molecular weight is 350 g/mol. The second-order valence-corrected chi connectivity index (χ2v) is 6.05. The highest BCUT2D eigenvalue weighted by Gasteiger charge is 2.36. The summed E-state index contributed by atoms with van der Waals surface area (Å²) in [6.45, 7) is 4.20. The Kier molecular flexibility index (Phi) is 5.49. The minimum absolute atomic E-state index is 0.0385. The van der Waals surface area contributed by atoms with E-state index in [0.717, 1.165) is 11.1 Å². The lowest BCUT2D eigenvalue weighted by Crippen LogP contribution is -2.52. The summed E-state index contributed by atoms with van der Waals surface area (Å²) in [6, 6.07) is 18.6. The van der Waals surface area contributed by atoms with Crippen molar-refractivity contribution in [3.8, 4) is 0 Å². The zero-order valence-corrected chi connectivity index (χ0v) is 15.0. The Bertz CT molecular complexity index is 803. The Morgan fingerprint density at radius 3 is 2.27 bits per heavy atom. The van der Waals surface area contributed by atoms with Gasteiger partial charge in [0.15, 0.2) is 0 Å². The molecule has 2 amide bonds. The fraction of sp³-hybridized carbons (Fsp3) is 0.238. The van der Waals surface area contributed by atoms with E-state index < -0.39 is 0 Å². The van der Waals surface area contributed by atoms with Crippen molar-refractivity contribution >= 4 is 17.4 Å². The van der Waals surface area contributed by atoms with Gasteiger partial charge in [0.25, 0.3) is 11.8 Å². The summed E-state index contributed by atoms with van der Waals surface area (Å²) in [4.78, 5) is 26.0. The van der Waals surface area contributed by atoms with E-state index in [4.69, 9.17) is 4.74 Å². The molecule has 0 saturated carbocycles. The van der Waals surface area contributed by atoms with Crippen LogP contribution in [0.5, 0.6) is 0 Å². The number of hydrogen-bond donors (Lipinski definition) is 0. The van der Waals surface area contributed by atoms with Crippen LogP contribution in [-0.4, -0.2) is 35.2 Å². The smallest absolute Gasteiger partial charge is 0.276 e. The second-order valence-electron chi connectivity index (χ2n) is 6.05. The van der Waals surface area contributed by atoms with Crippen LogP contribution in [0.3, 0.4) is 0 Å². The third kappa shape index (κ3) is 3.53. The number of nitrogens with zero attached hydrogens (tertiary/aromatic N) is 2. The molecule has 0 bridgehead atoms. The first-order valence-electron chi connectivity index (χ1n) is 8.68. The van der Waals surface area contributed by atoms with Crippen molar-refractivity contribution < 1.29 is 14.3 Å². The summed E-state index contributed by atoms with van der Waals surface area (Å²) in [5.74, 6) is -0.791. The van der Waals surface area contributed by atoms with E-state index in [1.54, 1.807) is 30.5 Å². The lowest BCUT2D eigenvalue weighted by atomic mass is 9.92. The molecule has 0 N–H and O–H groups in total. The van der Waals surface area contributed by atoms with Crippen molar-refractivity contribution in [2.24, 2.45) is 5.92 Å². The Labute approximate surface area is 153 Å². The normalized spacial score (nSPS) is 17.2. The van der Waals surface area contributed by atoms with E-state index in [-0.39, 0.29) is 24.5 Å². The highest BCUT2D eigenvalue weighted by molar-refractivity contribution is 6.01. The zero-order chi connectivity index (χ0) is 18.5. The molecular formula is C21H22N2O3. The minimum Gasteiger partial charge on any atom is -0.359 e. The lowest BCUT2D eigenvalue weighted by Gasteiger charge is -2.38. The predicted octanol–water partition coefficient (Wildman–Crippen LogP) is 3.56. The van der Waals surface area contributed by atoms with Crippen LogP contribution >= 0.6 is 0 Å². The van der Waals surface area contributed by atoms with Crippen molar-refractivity contribution in [2.45, 2.75) is 13.8 Å². The van der Waals surface area contributed by atoms with Crippen LogP contribution < -0.4 is 0 Å². The Balaban J connectivity index is 2.03. The van der Waals surface area contributed by atoms with Crippen LogP contribution in [0.1, 0.15) is 29.8 Å². The molecule has 0 radical (unpaired) electrons. The molecule has 134 valence electrons. The molecule has 1 aliphatic heterocycles. The number of carbonyl (C=O) groups excluding carboxylic acids is 2. The van der Waals surface area contributed by atoms with E-state index in [2.05, 4.69) is 0 Å². The molecule has 0 aliphatic carbocycles. The fourth-order valence-electron chi connectivity index (χ4n) is 2.92. The van der Waals surface area contributed by atoms with Gasteiger partial charge in [-0.25, -0.2) is 10.0 Å². The van der Waals surface area contributed by atoms with Gasteiger partial charge in [-0.1, -0.05) is 48.5 Å². The van der Waals surface area contributed by atoms with Crippen LogP contribution in [0.25, 0.3) is 5.57 Å². The van der Waals surface area contributed by atoms with Crippen molar-refractivity contribution in [1.82, 2.24) is 10.0 Å². The van der Waals surface area contributed by atoms with Gasteiger partial charge in [0, 0.05) is 18.4 Å². The van der Waals surface area contributed by atoms with Crippen LogP contribution in [0, 0.1) is 5.92 Å². The molecule has 1 heterocycles. The van der Waals surface area contributed by atoms with Gasteiger partial charge in [-0.05, 0) is 37.1 Å². The van der Waals surface area contributed by atoms with E-state index in [0.29, 0.717) is 12.2 Å². The number of amides is 2. The van der Waals surface area contributed by atoms with E-state index in [1.807, 2.05) is 50.2 Å². The monoisotopic (exact) mass is 350 g/mol. The number of hydrazine groups is 1. The molecule has 26 heavy (non-hydrogen) atoms. The maximum atomic E-state index is 13.0. The minimum atomic E-state index is -0.363. The van der Waals surface area contributed by atoms with Gasteiger partial charge in [-0.3, -0.25) is 9.59 Å². The van der Waals surface area contributed by atoms with Crippen LogP contribution in [0.15, 0.2) is 66.9 Å². The van der Waals surface area contributed by atoms with Gasteiger partial charge in [0.05, 0.1) is 5.92 Å². The zero-order valence-electron chi connectivity index (χ0n) is 15.0. The van der Waals surface area contributed by atoms with E-state index >= 15 is 0 Å². The highest BCUT2D eigenvalue weighted by Crippen LogP contribution is 2.31. The summed E-state index contributed by atoms with van der Waals surface area (Å²) in [6.07, 6.45) is 1.75. The first-order chi connectivity index (χ1) is 12.6. The SMILES string of the molecule is CCOCN1C(=O)C(C)C(c2ccccc2)=CN1C(=O)c1ccccc1. The molecule has 3 rings (SSSR count). The standard InChI is InChI=1S/C21H22N2O3/c1-3-26-15-23-20(24)16(2)19(17-10-6-4-7-11-17)14-22(23)21(25)18-12-8-5-9-13-18/h4-14,16H,3,15H2,1-2H3. The Morgan fingerprint density at radius 2 is 1.65 bits per heavy atom. The van der Waals surface area contributed by atoms with E-state index in [9.17, 15) is 9.59 Å². The summed E-state index contributed by atoms with van der Waals surface area (Å²) >= 11 is 0. The molecule has 1 aliphatic rings. The molecule has 0 fully saturated rings. The first kappa shape index (κ1) is 17.9. The van der Waals surface area contributed by atoms with Gasteiger partial charge in [0.2, 0.25) is 0 Å². The molecule has 0 saturated heterocycles. The third-order valence-corrected chi connectivity index (χ3v) is 4.37. The predicted molar refractivity (Wildman–Crippen MR) is 99.5 cm³/mol. The summed E-state index contributed by atoms with van der Waals surface area (Å²) in [5, 5.41) is 2.74. The first-order valence-corrected chi connectivity index (χ1v) is 8.68. The lowest BCUT2D eigenvalue weighted by molar-refractivity contribution is -0.155.